The van der Waals surface area contributed by atoms with Gasteiger partial charge in [-0.3, -0.25) is 4.79 Å². The fraction of sp³-hybridized carbons (Fsp3) is 0.500. The van der Waals surface area contributed by atoms with E-state index in [-0.39, 0.29) is 5.78 Å². The molecule has 1 heterocycles. The maximum Gasteiger partial charge on any atom is 0.159 e. The van der Waals surface area contributed by atoms with Crippen molar-refractivity contribution in [3.63, 3.8) is 0 Å². The first kappa shape index (κ1) is 12.1. The van der Waals surface area contributed by atoms with Gasteiger partial charge in [0.15, 0.2) is 5.78 Å². The van der Waals surface area contributed by atoms with Crippen LogP contribution in [-0.2, 0) is 0 Å². The molecule has 0 atom stereocenters. The van der Waals surface area contributed by atoms with Gasteiger partial charge < -0.3 is 10.2 Å². The third kappa shape index (κ3) is 3.56. The van der Waals surface area contributed by atoms with E-state index in [2.05, 4.69) is 10.2 Å². The second-order valence-electron chi connectivity index (χ2n) is 4.61. The normalized spacial score (nSPS) is 16.1. The number of nitrogens with one attached hydrogen (secondary N) is 1. The van der Waals surface area contributed by atoms with Crippen LogP contribution in [0.5, 0.6) is 0 Å². The van der Waals surface area contributed by atoms with Crippen LogP contribution in [0.15, 0.2) is 24.3 Å². The number of carbonyl (C=O) groups excluding carboxylic acids is 1. The molecule has 0 unspecified atom stereocenters. The third-order valence-corrected chi connectivity index (χ3v) is 3.25. The maximum absolute atomic E-state index is 11.1. The van der Waals surface area contributed by atoms with E-state index >= 15 is 0 Å². The van der Waals surface area contributed by atoms with Crippen molar-refractivity contribution >= 4 is 11.5 Å². The molecule has 2 rings (SSSR count). The van der Waals surface area contributed by atoms with Gasteiger partial charge in [0.1, 0.15) is 0 Å². The Morgan fingerprint density at radius 3 is 2.47 bits per heavy atom. The Kier molecular flexibility index (Phi) is 4.15. The zero-order chi connectivity index (χ0) is 12.1. The molecule has 1 aromatic carbocycles. The lowest BCUT2D eigenvalue weighted by molar-refractivity contribution is 0.101. The first-order valence-corrected chi connectivity index (χ1v) is 6.33. The standard InChI is InChI=1S/C14H20N2O/c1-12(17)13-4-6-14(7-5-13)15-8-11-16-9-2-3-10-16/h4-7,15H,2-3,8-11H2,1H3. The molecule has 1 fully saturated rings. The Labute approximate surface area is 103 Å². The van der Waals surface area contributed by atoms with Crippen molar-refractivity contribution in [3.8, 4) is 0 Å². The van der Waals surface area contributed by atoms with Gasteiger partial charge in [-0.2, -0.15) is 0 Å². The average molecular weight is 232 g/mol. The van der Waals surface area contributed by atoms with Crippen molar-refractivity contribution in [3.05, 3.63) is 29.8 Å². The summed E-state index contributed by atoms with van der Waals surface area (Å²) >= 11 is 0. The molecule has 3 nitrogen and oxygen atoms in total. The van der Waals surface area contributed by atoms with Gasteiger partial charge in [-0.15, -0.1) is 0 Å². The number of nitrogens with zero attached hydrogens (tertiary/aromatic N) is 1. The Bertz CT molecular complexity index is 366. The van der Waals surface area contributed by atoms with E-state index < -0.39 is 0 Å². The Morgan fingerprint density at radius 1 is 1.24 bits per heavy atom. The average Bonchev–Trinajstić information content (AvgIpc) is 2.83. The maximum atomic E-state index is 11.1. The largest absolute Gasteiger partial charge is 0.384 e. The van der Waals surface area contributed by atoms with Crippen LogP contribution in [0.25, 0.3) is 0 Å². The van der Waals surface area contributed by atoms with Crippen LogP contribution in [0.1, 0.15) is 30.1 Å². The highest BCUT2D eigenvalue weighted by molar-refractivity contribution is 5.94. The van der Waals surface area contributed by atoms with Crippen molar-refractivity contribution in [2.24, 2.45) is 0 Å². The molecule has 0 aromatic heterocycles. The second kappa shape index (κ2) is 5.82. The van der Waals surface area contributed by atoms with Crippen LogP contribution in [0.3, 0.4) is 0 Å². The molecule has 1 aliphatic rings. The van der Waals surface area contributed by atoms with E-state index in [4.69, 9.17) is 0 Å². The lowest BCUT2D eigenvalue weighted by Gasteiger charge is -2.15. The van der Waals surface area contributed by atoms with Gasteiger partial charge in [0.25, 0.3) is 0 Å². The summed E-state index contributed by atoms with van der Waals surface area (Å²) in [6.07, 6.45) is 2.68. The van der Waals surface area contributed by atoms with Crippen LogP contribution in [0, 0.1) is 0 Å². The highest BCUT2D eigenvalue weighted by Crippen LogP contribution is 2.10. The molecule has 17 heavy (non-hydrogen) atoms. The molecule has 3 heteroatoms. The van der Waals surface area contributed by atoms with Crippen LogP contribution in [-0.4, -0.2) is 36.9 Å². The quantitative estimate of drug-likeness (QED) is 0.791. The molecule has 0 aliphatic carbocycles. The van der Waals surface area contributed by atoms with E-state index in [1.807, 2.05) is 24.3 Å². The highest BCUT2D eigenvalue weighted by Gasteiger charge is 2.10. The van der Waals surface area contributed by atoms with Crippen molar-refractivity contribution in [2.75, 3.05) is 31.5 Å². The topological polar surface area (TPSA) is 32.3 Å². The molecule has 92 valence electrons. The van der Waals surface area contributed by atoms with E-state index in [9.17, 15) is 4.79 Å². The Morgan fingerprint density at radius 2 is 1.88 bits per heavy atom. The number of carbonyl (C=O) groups is 1. The van der Waals surface area contributed by atoms with E-state index in [1.165, 1.54) is 25.9 Å². The summed E-state index contributed by atoms with van der Waals surface area (Å²) in [5.41, 5.74) is 1.87. The van der Waals surface area contributed by atoms with Gasteiger partial charge in [-0.1, -0.05) is 0 Å². The second-order valence-corrected chi connectivity index (χ2v) is 4.61. The van der Waals surface area contributed by atoms with Crippen LogP contribution >= 0.6 is 0 Å². The number of ketones is 1. The predicted molar refractivity (Wildman–Crippen MR) is 70.6 cm³/mol. The summed E-state index contributed by atoms with van der Waals surface area (Å²) in [6.45, 7) is 6.15. The molecule has 1 aliphatic heterocycles. The number of likely N-dealkylation sites (tertiary alicyclic amines) is 1. The molecule has 1 aromatic rings. The molecular weight excluding hydrogens is 212 g/mol. The monoisotopic (exact) mass is 232 g/mol. The van der Waals surface area contributed by atoms with E-state index in [0.717, 1.165) is 24.3 Å². The van der Waals surface area contributed by atoms with Gasteiger partial charge in [-0.05, 0) is 57.1 Å². The van der Waals surface area contributed by atoms with E-state index in [1.54, 1.807) is 6.92 Å². The molecule has 1 N–H and O–H groups in total. The summed E-state index contributed by atoms with van der Waals surface area (Å²) in [6, 6.07) is 7.70. The SMILES string of the molecule is CC(=O)c1ccc(NCCN2CCCC2)cc1. The van der Waals surface area contributed by atoms with Crippen LogP contribution < -0.4 is 5.32 Å². The van der Waals surface area contributed by atoms with Crippen molar-refractivity contribution in [1.82, 2.24) is 4.90 Å². The van der Waals surface area contributed by atoms with Crippen molar-refractivity contribution < 1.29 is 4.79 Å². The molecule has 1 saturated heterocycles. The highest BCUT2D eigenvalue weighted by atomic mass is 16.1. The zero-order valence-corrected chi connectivity index (χ0v) is 10.4. The molecule has 0 bridgehead atoms. The predicted octanol–water partition coefficient (Wildman–Crippen LogP) is 2.40. The summed E-state index contributed by atoms with van der Waals surface area (Å²) in [4.78, 5) is 13.6. The number of Topliss-reactive ketones (excluding diaryl/α,β-unsaturated/α-hetero) is 1. The lowest BCUT2D eigenvalue weighted by Crippen LogP contribution is -2.25. The molecule has 0 amide bonds. The van der Waals surface area contributed by atoms with Crippen molar-refractivity contribution in [2.45, 2.75) is 19.8 Å². The Balaban J connectivity index is 1.76. The lowest BCUT2D eigenvalue weighted by atomic mass is 10.1. The number of hydrogen-bond donors (Lipinski definition) is 1. The summed E-state index contributed by atoms with van der Waals surface area (Å²) in [5, 5.41) is 3.38. The van der Waals surface area contributed by atoms with Gasteiger partial charge in [0, 0.05) is 24.3 Å². The first-order valence-electron chi connectivity index (χ1n) is 6.33. The third-order valence-electron chi connectivity index (χ3n) is 3.25. The Hall–Kier alpha value is -1.35. The minimum Gasteiger partial charge on any atom is -0.384 e. The minimum atomic E-state index is 0.119. The smallest absolute Gasteiger partial charge is 0.159 e. The van der Waals surface area contributed by atoms with Gasteiger partial charge >= 0.3 is 0 Å². The van der Waals surface area contributed by atoms with Crippen LogP contribution in [0.2, 0.25) is 0 Å². The molecule has 0 radical (unpaired) electrons. The first-order chi connectivity index (χ1) is 8.25. The minimum absolute atomic E-state index is 0.119. The summed E-state index contributed by atoms with van der Waals surface area (Å²) < 4.78 is 0. The van der Waals surface area contributed by atoms with Gasteiger partial charge in [-0.25, -0.2) is 0 Å². The number of benzene rings is 1. The number of hydrogen-bond acceptors (Lipinski definition) is 3. The van der Waals surface area contributed by atoms with Gasteiger partial charge in [0.05, 0.1) is 0 Å². The van der Waals surface area contributed by atoms with Gasteiger partial charge in [0.2, 0.25) is 0 Å². The molecular formula is C14H20N2O. The number of anilines is 1. The fourth-order valence-electron chi connectivity index (χ4n) is 2.19. The summed E-state index contributed by atoms with van der Waals surface area (Å²) in [5.74, 6) is 0.119. The fourth-order valence-corrected chi connectivity index (χ4v) is 2.19. The number of rotatable bonds is 5. The van der Waals surface area contributed by atoms with Crippen LogP contribution in [0.4, 0.5) is 5.69 Å². The summed E-state index contributed by atoms with van der Waals surface area (Å²) in [7, 11) is 0. The van der Waals surface area contributed by atoms with E-state index in [0.29, 0.717) is 0 Å². The van der Waals surface area contributed by atoms with Crippen molar-refractivity contribution in [1.29, 1.82) is 0 Å². The molecule has 0 saturated carbocycles. The molecule has 0 spiro atoms. The zero-order valence-electron chi connectivity index (χ0n) is 10.4.